The van der Waals surface area contributed by atoms with Gasteiger partial charge in [-0.25, -0.2) is 0 Å². The summed E-state index contributed by atoms with van der Waals surface area (Å²) in [5, 5.41) is 0. The molecule has 2 heterocycles. The number of carbonyl (C=O) groups excluding carboxylic acids is 1. The minimum atomic E-state index is -0.0390. The van der Waals surface area contributed by atoms with E-state index in [-0.39, 0.29) is 11.9 Å². The van der Waals surface area contributed by atoms with Gasteiger partial charge in [0.2, 0.25) is 0 Å². The van der Waals surface area contributed by atoms with E-state index in [2.05, 4.69) is 23.2 Å². The zero-order valence-electron chi connectivity index (χ0n) is 13.5. The summed E-state index contributed by atoms with van der Waals surface area (Å²) < 4.78 is 0. The van der Waals surface area contributed by atoms with Crippen LogP contribution >= 0.6 is 0 Å². The van der Waals surface area contributed by atoms with Crippen LogP contribution in [0.15, 0.2) is 72.9 Å². The molecule has 0 saturated carbocycles. The summed E-state index contributed by atoms with van der Waals surface area (Å²) in [5.41, 5.74) is 4.78. The predicted molar refractivity (Wildman–Crippen MR) is 95.1 cm³/mol. The number of carbonyl (C=O) groups is 1. The fraction of sp³-hybridized carbons (Fsp3) is 0.143. The molecule has 4 rings (SSSR count). The Bertz CT molecular complexity index is 889. The highest BCUT2D eigenvalue weighted by Crippen LogP contribution is 2.36. The van der Waals surface area contributed by atoms with Crippen molar-refractivity contribution in [3.8, 4) is 0 Å². The van der Waals surface area contributed by atoms with E-state index in [1.54, 1.807) is 6.20 Å². The fourth-order valence-electron chi connectivity index (χ4n) is 3.36. The zero-order chi connectivity index (χ0) is 16.5. The van der Waals surface area contributed by atoms with Crippen molar-refractivity contribution in [1.29, 1.82) is 0 Å². The van der Waals surface area contributed by atoms with Crippen molar-refractivity contribution in [2.45, 2.75) is 19.4 Å². The van der Waals surface area contributed by atoms with E-state index in [1.165, 1.54) is 0 Å². The first kappa shape index (κ1) is 14.6. The van der Waals surface area contributed by atoms with Crippen molar-refractivity contribution in [3.63, 3.8) is 0 Å². The first-order valence-electron chi connectivity index (χ1n) is 8.13. The van der Waals surface area contributed by atoms with Crippen LogP contribution in [0.1, 0.15) is 33.2 Å². The smallest absolute Gasteiger partial charge is 0.260 e. The third-order valence-corrected chi connectivity index (χ3v) is 4.50. The van der Waals surface area contributed by atoms with Crippen molar-refractivity contribution in [3.05, 3.63) is 95.3 Å². The van der Waals surface area contributed by atoms with E-state index >= 15 is 0 Å². The average molecular weight is 314 g/mol. The van der Waals surface area contributed by atoms with Crippen LogP contribution in [0.5, 0.6) is 0 Å². The Kier molecular flexibility index (Phi) is 3.62. The number of hydrogen-bond donors (Lipinski definition) is 0. The number of anilines is 1. The van der Waals surface area contributed by atoms with Crippen LogP contribution in [0.3, 0.4) is 0 Å². The van der Waals surface area contributed by atoms with E-state index in [0.29, 0.717) is 5.56 Å². The Labute approximate surface area is 141 Å². The maximum absolute atomic E-state index is 13.2. The molecule has 3 heteroatoms. The van der Waals surface area contributed by atoms with Crippen molar-refractivity contribution < 1.29 is 4.79 Å². The summed E-state index contributed by atoms with van der Waals surface area (Å²) in [6.45, 7) is 2.05. The van der Waals surface area contributed by atoms with E-state index < -0.39 is 0 Å². The number of rotatable bonds is 2. The van der Waals surface area contributed by atoms with Crippen LogP contribution in [0, 0.1) is 6.92 Å². The first-order chi connectivity index (χ1) is 11.7. The van der Waals surface area contributed by atoms with Gasteiger partial charge in [0.15, 0.2) is 0 Å². The fourth-order valence-corrected chi connectivity index (χ4v) is 3.36. The van der Waals surface area contributed by atoms with Crippen molar-refractivity contribution in [1.82, 2.24) is 4.98 Å². The van der Waals surface area contributed by atoms with Gasteiger partial charge in [-0.15, -0.1) is 0 Å². The lowest BCUT2D eigenvalue weighted by Crippen LogP contribution is -2.41. The summed E-state index contributed by atoms with van der Waals surface area (Å²) in [6, 6.07) is 22.0. The number of fused-ring (bicyclic) bond motifs is 1. The number of hydrogen-bond acceptors (Lipinski definition) is 2. The Hall–Kier alpha value is -2.94. The number of aryl methyl sites for hydroxylation is 1. The second-order valence-corrected chi connectivity index (χ2v) is 6.14. The molecule has 0 spiro atoms. The van der Waals surface area contributed by atoms with Crippen LogP contribution in [-0.2, 0) is 6.42 Å². The minimum Gasteiger partial charge on any atom is -0.300 e. The van der Waals surface area contributed by atoms with Crippen LogP contribution in [0.4, 0.5) is 5.69 Å². The molecular weight excluding hydrogens is 296 g/mol. The second-order valence-electron chi connectivity index (χ2n) is 6.14. The van der Waals surface area contributed by atoms with Crippen LogP contribution in [0.25, 0.3) is 0 Å². The largest absolute Gasteiger partial charge is 0.300 e. The molecule has 3 nitrogen and oxygen atoms in total. The summed E-state index contributed by atoms with van der Waals surface area (Å²) in [6.07, 6.45) is 2.48. The Morgan fingerprint density at radius 3 is 2.62 bits per heavy atom. The van der Waals surface area contributed by atoms with Crippen LogP contribution in [-0.4, -0.2) is 10.9 Å². The molecule has 0 saturated heterocycles. The summed E-state index contributed by atoms with van der Waals surface area (Å²) >= 11 is 0. The van der Waals surface area contributed by atoms with E-state index in [4.69, 9.17) is 0 Å². The molecule has 3 aromatic rings. The number of benzene rings is 2. The molecular formula is C21H18N2O. The lowest BCUT2D eigenvalue weighted by atomic mass is 9.92. The first-order valence-corrected chi connectivity index (χ1v) is 8.13. The third kappa shape index (κ3) is 2.48. The van der Waals surface area contributed by atoms with Crippen molar-refractivity contribution in [2.75, 3.05) is 4.90 Å². The third-order valence-electron chi connectivity index (χ3n) is 4.50. The number of nitrogens with zero attached hydrogens (tertiary/aromatic N) is 2. The van der Waals surface area contributed by atoms with Gasteiger partial charge in [-0.3, -0.25) is 9.78 Å². The van der Waals surface area contributed by atoms with Gasteiger partial charge in [0, 0.05) is 18.3 Å². The highest BCUT2D eigenvalue weighted by Gasteiger charge is 2.34. The number of amides is 1. The van der Waals surface area contributed by atoms with Gasteiger partial charge in [-0.1, -0.05) is 42.5 Å². The summed E-state index contributed by atoms with van der Waals surface area (Å²) in [7, 11) is 0. The van der Waals surface area contributed by atoms with Gasteiger partial charge in [0.25, 0.3) is 5.91 Å². The molecule has 0 N–H and O–H groups in total. The Morgan fingerprint density at radius 1 is 1.00 bits per heavy atom. The summed E-state index contributed by atoms with van der Waals surface area (Å²) in [5.74, 6) is 0.0174. The summed E-state index contributed by atoms with van der Waals surface area (Å²) in [4.78, 5) is 19.6. The zero-order valence-corrected chi connectivity index (χ0v) is 13.5. The quantitative estimate of drug-likeness (QED) is 0.705. The minimum absolute atomic E-state index is 0.0174. The van der Waals surface area contributed by atoms with Crippen molar-refractivity contribution in [2.24, 2.45) is 0 Å². The maximum Gasteiger partial charge on any atom is 0.260 e. The molecule has 118 valence electrons. The average Bonchev–Trinajstić information content (AvgIpc) is 2.62. The lowest BCUT2D eigenvalue weighted by Gasteiger charge is -2.36. The van der Waals surface area contributed by atoms with Crippen LogP contribution < -0.4 is 4.90 Å². The van der Waals surface area contributed by atoms with Gasteiger partial charge >= 0.3 is 0 Å². The van der Waals surface area contributed by atoms with Gasteiger partial charge in [0.05, 0.1) is 17.3 Å². The van der Waals surface area contributed by atoms with Crippen LogP contribution in [0.2, 0.25) is 0 Å². The maximum atomic E-state index is 13.2. The second kappa shape index (κ2) is 5.93. The molecule has 1 unspecified atom stereocenters. The number of aromatic nitrogens is 1. The molecule has 1 aliphatic rings. The Balaban J connectivity index is 1.88. The highest BCUT2D eigenvalue weighted by molar-refractivity contribution is 6.08. The Morgan fingerprint density at radius 2 is 1.83 bits per heavy atom. The van der Waals surface area contributed by atoms with Gasteiger partial charge in [0.1, 0.15) is 0 Å². The molecule has 0 radical (unpaired) electrons. The van der Waals surface area contributed by atoms with Gasteiger partial charge < -0.3 is 4.90 Å². The molecule has 1 amide bonds. The van der Waals surface area contributed by atoms with Gasteiger partial charge in [-0.2, -0.15) is 0 Å². The lowest BCUT2D eigenvalue weighted by molar-refractivity contribution is 0.0966. The molecule has 2 aromatic carbocycles. The van der Waals surface area contributed by atoms with E-state index in [9.17, 15) is 4.79 Å². The standard InChI is InChI=1S/C21H18N2O/c1-15-7-5-10-17(13-15)23-20(16-8-3-2-4-9-16)14-19-18(21(23)24)11-6-12-22-19/h2-13,20H,14H2,1H3. The molecule has 24 heavy (non-hydrogen) atoms. The van der Waals surface area contributed by atoms with Gasteiger partial charge in [-0.05, 0) is 42.3 Å². The normalized spacial score (nSPS) is 16.8. The molecule has 0 aliphatic carbocycles. The van der Waals surface area contributed by atoms with E-state index in [0.717, 1.165) is 28.9 Å². The highest BCUT2D eigenvalue weighted by atomic mass is 16.2. The SMILES string of the molecule is Cc1cccc(N2C(=O)c3cccnc3CC2c2ccccc2)c1. The predicted octanol–water partition coefficient (Wildman–Crippen LogP) is 4.33. The molecule has 1 aliphatic heterocycles. The molecule has 1 atom stereocenters. The molecule has 0 fully saturated rings. The van der Waals surface area contributed by atoms with E-state index in [1.807, 2.05) is 60.4 Å². The number of pyridine rings is 1. The van der Waals surface area contributed by atoms with Crippen molar-refractivity contribution >= 4 is 11.6 Å². The molecule has 0 bridgehead atoms. The topological polar surface area (TPSA) is 33.2 Å². The monoisotopic (exact) mass is 314 g/mol. The molecule has 1 aromatic heterocycles.